The first-order valence-electron chi connectivity index (χ1n) is 19.4. The molecule has 58 heavy (non-hydrogen) atoms. The van der Waals surface area contributed by atoms with Crippen molar-refractivity contribution in [1.82, 2.24) is 30.0 Å². The van der Waals surface area contributed by atoms with Crippen molar-refractivity contribution in [3.05, 3.63) is 132 Å². The lowest BCUT2D eigenvalue weighted by Gasteiger charge is -2.35. The highest BCUT2D eigenvalue weighted by Gasteiger charge is 2.38. The van der Waals surface area contributed by atoms with Crippen molar-refractivity contribution in [3.8, 4) is 0 Å². The minimum atomic E-state index is -3.97. The molecule has 2 unspecified atom stereocenters. The molecule has 2 aromatic carbocycles. The van der Waals surface area contributed by atoms with Crippen LogP contribution < -0.4 is 20.1 Å². The van der Waals surface area contributed by atoms with E-state index in [0.29, 0.717) is 22.5 Å². The topological polar surface area (TPSA) is 217 Å². The summed E-state index contributed by atoms with van der Waals surface area (Å²) in [6, 6.07) is 23.5. The molecule has 0 fully saturated rings. The summed E-state index contributed by atoms with van der Waals surface area (Å²) in [5.74, 6) is -3.06. The Morgan fingerprint density at radius 3 is 1.21 bits per heavy atom. The van der Waals surface area contributed by atoms with Gasteiger partial charge in [0.25, 0.3) is 0 Å². The van der Waals surface area contributed by atoms with Crippen LogP contribution in [0, 0.1) is 11.8 Å². The van der Waals surface area contributed by atoms with Gasteiger partial charge in [-0.1, -0.05) is 100 Å². The summed E-state index contributed by atoms with van der Waals surface area (Å²) in [6.07, 6.45) is 0.0826. The van der Waals surface area contributed by atoms with Gasteiger partial charge in [0.05, 0.1) is 23.6 Å². The summed E-state index contributed by atoms with van der Waals surface area (Å²) < 4.78 is 57.8. The zero-order valence-electron chi connectivity index (χ0n) is 33.3. The van der Waals surface area contributed by atoms with Gasteiger partial charge in [-0.05, 0) is 60.1 Å². The van der Waals surface area contributed by atoms with Crippen molar-refractivity contribution >= 4 is 31.9 Å². The summed E-state index contributed by atoms with van der Waals surface area (Å²) in [5.41, 5.74) is 2.57. The Morgan fingerprint density at radius 1 is 0.552 bits per heavy atom. The Hall–Kier alpha value is -4.58. The van der Waals surface area contributed by atoms with Crippen LogP contribution in [-0.2, 0) is 55.3 Å². The highest BCUT2D eigenvalue weighted by molar-refractivity contribution is 7.89. The standard InChI is InChI=1S/C42H56N6O8S2/c1-29(2)37(47-57(53,54)25-21-33-19-11-13-23-43-33)41(51)45-35(27-31-15-7-5-8-16-31)39(49)40(50)36(28-32-17-9-6-10-18-32)46-42(52)38(30(3)4)48-58(55,56)26-22-34-20-12-14-24-44-34/h5-20,23-24,29-30,35-40,47-50H,21-22,25-28H2,1-4H3,(H,45,51)(H,46,52)/t35-,36-,37?,38?,39-,40+/m0/s1. The molecule has 0 spiro atoms. The van der Waals surface area contributed by atoms with Gasteiger partial charge in [0, 0.05) is 36.6 Å². The number of aromatic nitrogens is 2. The van der Waals surface area contributed by atoms with E-state index in [4.69, 9.17) is 0 Å². The van der Waals surface area contributed by atoms with Gasteiger partial charge in [-0.25, -0.2) is 26.3 Å². The number of benzene rings is 2. The Kier molecular flexibility index (Phi) is 17.5. The van der Waals surface area contributed by atoms with E-state index < -0.39 is 80.1 Å². The fraction of sp³-hybridized carbons (Fsp3) is 0.429. The number of carbonyl (C=O) groups is 2. The number of hydrogen-bond acceptors (Lipinski definition) is 10. The summed E-state index contributed by atoms with van der Waals surface area (Å²) in [5, 5.41) is 29.5. The highest BCUT2D eigenvalue weighted by Crippen LogP contribution is 2.17. The third-order valence-electron chi connectivity index (χ3n) is 9.64. The van der Waals surface area contributed by atoms with Crippen LogP contribution in [0.2, 0.25) is 0 Å². The van der Waals surface area contributed by atoms with Gasteiger partial charge in [0.1, 0.15) is 24.3 Å². The lowest BCUT2D eigenvalue weighted by molar-refractivity contribution is -0.129. The Morgan fingerprint density at radius 2 is 0.897 bits per heavy atom. The van der Waals surface area contributed by atoms with Crippen LogP contribution in [0.4, 0.5) is 0 Å². The third kappa shape index (κ3) is 15.0. The maximum Gasteiger partial charge on any atom is 0.238 e. The molecule has 0 bridgehead atoms. The van der Waals surface area contributed by atoms with Crippen LogP contribution in [0.3, 0.4) is 0 Å². The predicted octanol–water partition coefficient (Wildman–Crippen LogP) is 2.33. The molecular weight excluding hydrogens is 781 g/mol. The van der Waals surface area contributed by atoms with Gasteiger partial charge in [-0.3, -0.25) is 19.6 Å². The number of rotatable bonds is 23. The van der Waals surface area contributed by atoms with E-state index in [0.717, 1.165) is 0 Å². The number of aliphatic hydroxyl groups is 2. The molecule has 2 heterocycles. The second-order valence-corrected chi connectivity index (χ2v) is 18.8. The van der Waals surface area contributed by atoms with Crippen LogP contribution in [-0.4, -0.2) is 96.7 Å². The zero-order valence-corrected chi connectivity index (χ0v) is 34.9. The first-order valence-corrected chi connectivity index (χ1v) is 22.7. The first-order chi connectivity index (χ1) is 27.5. The molecule has 2 amide bonds. The molecule has 314 valence electrons. The molecule has 14 nitrogen and oxygen atoms in total. The lowest BCUT2D eigenvalue weighted by Crippen LogP contribution is -2.61. The van der Waals surface area contributed by atoms with E-state index in [9.17, 15) is 36.6 Å². The number of aliphatic hydroxyl groups excluding tert-OH is 2. The molecule has 0 aliphatic heterocycles. The van der Waals surface area contributed by atoms with Crippen LogP contribution in [0.15, 0.2) is 109 Å². The molecule has 2 aromatic heterocycles. The number of sulfonamides is 2. The van der Waals surface area contributed by atoms with E-state index in [1.54, 1.807) is 137 Å². The fourth-order valence-corrected chi connectivity index (χ4v) is 9.05. The van der Waals surface area contributed by atoms with Crippen LogP contribution in [0.25, 0.3) is 0 Å². The van der Waals surface area contributed by atoms with Crippen LogP contribution in [0.1, 0.15) is 50.2 Å². The molecule has 6 N–H and O–H groups in total. The number of carbonyl (C=O) groups excluding carboxylic acids is 2. The molecule has 0 aliphatic rings. The van der Waals surface area contributed by atoms with Gasteiger partial charge in [-0.2, -0.15) is 0 Å². The average molecular weight is 837 g/mol. The van der Waals surface area contributed by atoms with Crippen molar-refractivity contribution in [3.63, 3.8) is 0 Å². The van der Waals surface area contributed by atoms with Crippen LogP contribution in [0.5, 0.6) is 0 Å². The fourth-order valence-electron chi connectivity index (χ4n) is 6.33. The monoisotopic (exact) mass is 836 g/mol. The first kappa shape index (κ1) is 46.1. The Labute approximate surface area is 342 Å². The number of aryl methyl sites for hydroxylation is 2. The van der Waals surface area contributed by atoms with Crippen LogP contribution >= 0.6 is 0 Å². The molecule has 0 saturated carbocycles. The number of nitrogens with one attached hydrogen (secondary N) is 4. The van der Waals surface area contributed by atoms with E-state index in [-0.39, 0.29) is 37.2 Å². The summed E-state index contributed by atoms with van der Waals surface area (Å²) >= 11 is 0. The predicted molar refractivity (Wildman–Crippen MR) is 223 cm³/mol. The molecule has 4 rings (SSSR count). The number of amides is 2. The second-order valence-electron chi connectivity index (χ2n) is 15.0. The molecule has 0 radical (unpaired) electrons. The largest absolute Gasteiger partial charge is 0.388 e. The molecular formula is C42H56N6O8S2. The van der Waals surface area contributed by atoms with Gasteiger partial charge < -0.3 is 20.8 Å². The summed E-state index contributed by atoms with van der Waals surface area (Å²) in [6.45, 7) is 6.75. The van der Waals surface area contributed by atoms with Crippen molar-refractivity contribution < 1.29 is 36.6 Å². The zero-order chi connectivity index (χ0) is 42.3. The number of pyridine rings is 2. The van der Waals surface area contributed by atoms with Gasteiger partial charge in [0.2, 0.25) is 31.9 Å². The van der Waals surface area contributed by atoms with Gasteiger partial charge in [0.15, 0.2) is 0 Å². The van der Waals surface area contributed by atoms with Crippen molar-refractivity contribution in [2.24, 2.45) is 11.8 Å². The summed E-state index contributed by atoms with van der Waals surface area (Å²) in [4.78, 5) is 36.3. The molecule has 0 saturated heterocycles. The van der Waals surface area contributed by atoms with Gasteiger partial charge in [-0.15, -0.1) is 0 Å². The Balaban J connectivity index is 1.57. The van der Waals surface area contributed by atoms with Crippen molar-refractivity contribution in [2.75, 3.05) is 11.5 Å². The molecule has 0 aliphatic carbocycles. The number of nitrogens with zero attached hydrogens (tertiary/aromatic N) is 2. The number of hydrogen-bond donors (Lipinski definition) is 6. The maximum atomic E-state index is 14.0. The molecule has 16 heteroatoms. The average Bonchev–Trinajstić information content (AvgIpc) is 3.21. The molecule has 6 atom stereocenters. The normalized spacial score (nSPS) is 15.2. The van der Waals surface area contributed by atoms with Gasteiger partial charge >= 0.3 is 0 Å². The minimum Gasteiger partial charge on any atom is -0.388 e. The minimum absolute atomic E-state index is 0.0404. The second kappa shape index (κ2) is 22.0. The van der Waals surface area contributed by atoms with E-state index in [2.05, 4.69) is 30.0 Å². The quantitative estimate of drug-likeness (QED) is 0.0641. The maximum absolute atomic E-state index is 14.0. The van der Waals surface area contributed by atoms with Crippen molar-refractivity contribution in [1.29, 1.82) is 0 Å². The van der Waals surface area contributed by atoms with Crippen molar-refractivity contribution in [2.45, 2.75) is 89.8 Å². The smallest absolute Gasteiger partial charge is 0.238 e. The van der Waals surface area contributed by atoms with E-state index in [1.165, 1.54) is 0 Å². The SMILES string of the molecule is CC(C)C(NS(=O)(=O)CCc1ccccn1)C(=O)N[C@@H](Cc1ccccc1)[C@H](O)[C@H](O)[C@H](Cc1ccccc1)NC(=O)C(NS(=O)(=O)CCc1ccccn1)C(C)C. The van der Waals surface area contributed by atoms with E-state index in [1.807, 2.05) is 0 Å². The van der Waals surface area contributed by atoms with E-state index >= 15 is 0 Å². The Bertz CT molecular complexity index is 1930. The lowest BCUT2D eigenvalue weighted by atomic mass is 9.90. The molecule has 4 aromatic rings. The highest BCUT2D eigenvalue weighted by atomic mass is 32.2. The third-order valence-corrected chi connectivity index (χ3v) is 12.4. The summed E-state index contributed by atoms with van der Waals surface area (Å²) in [7, 11) is -7.94.